The van der Waals surface area contributed by atoms with Crippen LogP contribution in [-0.2, 0) is 6.42 Å². The highest BCUT2D eigenvalue weighted by Crippen LogP contribution is 2.41. The van der Waals surface area contributed by atoms with Gasteiger partial charge in [0.15, 0.2) is 17.5 Å². The van der Waals surface area contributed by atoms with Crippen LogP contribution in [0.4, 0.5) is 0 Å². The summed E-state index contributed by atoms with van der Waals surface area (Å²) < 4.78 is 6.28. The monoisotopic (exact) mass is 703 g/mol. The number of para-hydroxylation sites is 1. The largest absolute Gasteiger partial charge is 0.456 e. The van der Waals surface area contributed by atoms with Crippen molar-refractivity contribution < 1.29 is 4.42 Å². The average Bonchev–Trinajstić information content (AvgIpc) is 3.65. The third kappa shape index (κ3) is 5.42. The molecule has 0 atom stereocenters. The van der Waals surface area contributed by atoms with E-state index < -0.39 is 0 Å². The van der Waals surface area contributed by atoms with Crippen molar-refractivity contribution in [1.82, 2.24) is 15.0 Å². The average molecular weight is 704 g/mol. The van der Waals surface area contributed by atoms with Crippen LogP contribution in [0.3, 0.4) is 0 Å². The van der Waals surface area contributed by atoms with Gasteiger partial charge in [-0.05, 0) is 92.0 Å². The van der Waals surface area contributed by atoms with E-state index in [-0.39, 0.29) is 0 Å². The first-order valence-corrected chi connectivity index (χ1v) is 18.8. The van der Waals surface area contributed by atoms with Crippen molar-refractivity contribution in [2.45, 2.75) is 12.8 Å². The van der Waals surface area contributed by atoms with Crippen molar-refractivity contribution in [3.63, 3.8) is 0 Å². The second-order valence-electron chi connectivity index (χ2n) is 14.3. The van der Waals surface area contributed by atoms with Crippen molar-refractivity contribution in [2.75, 3.05) is 0 Å². The van der Waals surface area contributed by atoms with Gasteiger partial charge in [0.05, 0.1) is 0 Å². The van der Waals surface area contributed by atoms with Gasteiger partial charge in [-0.2, -0.15) is 0 Å². The van der Waals surface area contributed by atoms with Crippen LogP contribution < -0.4 is 0 Å². The predicted molar refractivity (Wildman–Crippen MR) is 227 cm³/mol. The zero-order valence-electron chi connectivity index (χ0n) is 29.9. The Hall–Kier alpha value is -7.17. The molecule has 1 aliphatic rings. The predicted octanol–water partition coefficient (Wildman–Crippen LogP) is 13.4. The molecule has 2 heterocycles. The van der Waals surface area contributed by atoms with Gasteiger partial charge >= 0.3 is 0 Å². The van der Waals surface area contributed by atoms with Crippen LogP contribution in [0.2, 0.25) is 0 Å². The number of fused-ring (bicyclic) bond motifs is 6. The normalized spacial score (nSPS) is 12.5. The Balaban J connectivity index is 1.07. The molecule has 55 heavy (non-hydrogen) atoms. The summed E-state index contributed by atoms with van der Waals surface area (Å²) in [6, 6.07) is 57.7. The minimum absolute atomic E-state index is 0.633. The fourth-order valence-electron chi connectivity index (χ4n) is 8.24. The second-order valence-corrected chi connectivity index (χ2v) is 14.3. The molecule has 4 nitrogen and oxygen atoms in total. The third-order valence-corrected chi connectivity index (χ3v) is 11.0. The maximum Gasteiger partial charge on any atom is 0.164 e. The summed E-state index contributed by atoms with van der Waals surface area (Å²) in [6.45, 7) is 0. The van der Waals surface area contributed by atoms with Crippen molar-refractivity contribution >= 4 is 49.6 Å². The van der Waals surface area contributed by atoms with Crippen molar-refractivity contribution in [1.29, 1.82) is 0 Å². The summed E-state index contributed by atoms with van der Waals surface area (Å²) in [6.07, 6.45) is 6.71. The van der Waals surface area contributed by atoms with E-state index in [2.05, 4.69) is 158 Å². The van der Waals surface area contributed by atoms with Gasteiger partial charge in [0.1, 0.15) is 11.2 Å². The summed E-state index contributed by atoms with van der Waals surface area (Å²) in [7, 11) is 0. The van der Waals surface area contributed by atoms with Crippen LogP contribution in [0, 0.1) is 0 Å². The molecule has 0 saturated carbocycles. The first kappa shape index (κ1) is 31.4. The molecule has 0 amide bonds. The van der Waals surface area contributed by atoms with Gasteiger partial charge in [0.2, 0.25) is 0 Å². The van der Waals surface area contributed by atoms with Crippen molar-refractivity contribution in [2.24, 2.45) is 0 Å². The van der Waals surface area contributed by atoms with Crippen LogP contribution in [0.5, 0.6) is 0 Å². The lowest BCUT2D eigenvalue weighted by Gasteiger charge is -2.14. The molecule has 258 valence electrons. The molecule has 11 rings (SSSR count). The van der Waals surface area contributed by atoms with Crippen molar-refractivity contribution in [3.05, 3.63) is 181 Å². The van der Waals surface area contributed by atoms with Gasteiger partial charge in [-0.1, -0.05) is 152 Å². The highest BCUT2D eigenvalue weighted by atomic mass is 16.3. The highest BCUT2D eigenvalue weighted by Gasteiger charge is 2.18. The van der Waals surface area contributed by atoms with E-state index in [1.807, 2.05) is 18.2 Å². The van der Waals surface area contributed by atoms with Crippen LogP contribution in [0.25, 0.3) is 106 Å². The van der Waals surface area contributed by atoms with E-state index in [0.717, 1.165) is 84.3 Å². The number of nitrogens with zero attached hydrogens (tertiary/aromatic N) is 3. The Morgan fingerprint density at radius 2 is 1.05 bits per heavy atom. The van der Waals surface area contributed by atoms with Crippen LogP contribution in [0.15, 0.2) is 174 Å². The van der Waals surface area contributed by atoms with Gasteiger partial charge in [-0.3, -0.25) is 0 Å². The molecule has 8 aromatic carbocycles. The number of hydrogen-bond acceptors (Lipinski definition) is 4. The first-order valence-electron chi connectivity index (χ1n) is 18.8. The fraction of sp³-hybridized carbons (Fsp3) is 0.0392. The van der Waals surface area contributed by atoms with E-state index in [1.165, 1.54) is 22.1 Å². The third-order valence-electron chi connectivity index (χ3n) is 11.0. The van der Waals surface area contributed by atoms with E-state index >= 15 is 0 Å². The molecule has 2 aromatic heterocycles. The molecular formula is C51H33N3O. The lowest BCUT2D eigenvalue weighted by atomic mass is 9.92. The molecule has 4 heteroatoms. The lowest BCUT2D eigenvalue weighted by Crippen LogP contribution is -2.01. The van der Waals surface area contributed by atoms with Crippen LogP contribution in [-0.4, -0.2) is 15.0 Å². The SMILES string of the molecule is C1=Cc2cc(-c3ccc(-c4nc(-c5ccc6ccccc6c5)nc(-c5cccc6c(-c7cccc8oc9ccccc9c78)cccc56)n4)cc3)ccc2CC1. The summed E-state index contributed by atoms with van der Waals surface area (Å²) >= 11 is 0. The smallest absolute Gasteiger partial charge is 0.164 e. The summed E-state index contributed by atoms with van der Waals surface area (Å²) in [5.74, 6) is 1.91. The van der Waals surface area contributed by atoms with Gasteiger partial charge < -0.3 is 4.42 Å². The molecular weight excluding hydrogens is 671 g/mol. The van der Waals surface area contributed by atoms with Crippen molar-refractivity contribution in [3.8, 4) is 56.4 Å². The molecule has 0 saturated heterocycles. The molecule has 0 unspecified atom stereocenters. The molecule has 0 radical (unpaired) electrons. The number of rotatable bonds is 5. The second kappa shape index (κ2) is 12.8. The summed E-state index contributed by atoms with van der Waals surface area (Å²) in [4.78, 5) is 15.5. The topological polar surface area (TPSA) is 51.8 Å². The summed E-state index contributed by atoms with van der Waals surface area (Å²) in [5.41, 5.74) is 12.0. The molecule has 0 spiro atoms. The summed E-state index contributed by atoms with van der Waals surface area (Å²) in [5, 5.41) is 6.74. The molecule has 0 fully saturated rings. The highest BCUT2D eigenvalue weighted by molar-refractivity contribution is 6.16. The number of furan rings is 1. The van der Waals surface area contributed by atoms with Gasteiger partial charge in [-0.25, -0.2) is 15.0 Å². The maximum atomic E-state index is 6.28. The first-order chi connectivity index (χ1) is 27.2. The molecule has 0 N–H and O–H groups in total. The van der Waals surface area contributed by atoms with Crippen LogP contribution >= 0.6 is 0 Å². The Labute approximate surface area is 318 Å². The number of allylic oxidation sites excluding steroid dienone is 1. The maximum absolute atomic E-state index is 6.28. The van der Waals surface area contributed by atoms with Crippen LogP contribution in [0.1, 0.15) is 17.5 Å². The fourth-order valence-corrected chi connectivity index (χ4v) is 8.24. The van der Waals surface area contributed by atoms with E-state index in [0.29, 0.717) is 17.5 Å². The molecule has 0 aliphatic heterocycles. The van der Waals surface area contributed by atoms with E-state index in [1.54, 1.807) is 0 Å². The number of aromatic nitrogens is 3. The Bertz CT molecular complexity index is 3150. The Morgan fingerprint density at radius 3 is 1.95 bits per heavy atom. The van der Waals surface area contributed by atoms with Gasteiger partial charge in [-0.15, -0.1) is 0 Å². The molecule has 10 aromatic rings. The van der Waals surface area contributed by atoms with E-state index in [9.17, 15) is 0 Å². The minimum Gasteiger partial charge on any atom is -0.456 e. The van der Waals surface area contributed by atoms with Gasteiger partial charge in [0.25, 0.3) is 0 Å². The minimum atomic E-state index is 0.633. The molecule has 1 aliphatic carbocycles. The number of hydrogen-bond donors (Lipinski definition) is 0. The standard InChI is InChI=1S/C51H33N3O/c1-3-12-36-30-38(28-24-32(36)10-1)34-22-26-35(27-23-34)49-52-50(39-29-25-33-11-2-4-13-37(33)31-39)54-51(53-49)44-19-8-15-40-41(16-7-17-42(40)44)43-18-9-21-47-48(43)45-14-5-6-20-46(45)55-47/h2-9,11-31H,1,10H2. The lowest BCUT2D eigenvalue weighted by molar-refractivity contribution is 0.669. The zero-order chi connectivity index (χ0) is 36.3. The quantitative estimate of drug-likeness (QED) is 0.179. The molecule has 0 bridgehead atoms. The Morgan fingerprint density at radius 1 is 0.418 bits per heavy atom. The zero-order valence-corrected chi connectivity index (χ0v) is 29.9. The Kier molecular flexibility index (Phi) is 7.27. The number of benzene rings is 8. The number of aryl methyl sites for hydroxylation is 1. The van der Waals surface area contributed by atoms with Gasteiger partial charge in [0, 0.05) is 27.5 Å². The van der Waals surface area contributed by atoms with E-state index in [4.69, 9.17) is 19.4 Å².